The van der Waals surface area contributed by atoms with Gasteiger partial charge in [0.2, 0.25) is 0 Å². The molecule has 4 nitrogen and oxygen atoms in total. The van der Waals surface area contributed by atoms with E-state index in [1.807, 2.05) is 32.0 Å². The maximum atomic E-state index is 11.7. The Hall–Kier alpha value is -1.07. The van der Waals surface area contributed by atoms with Crippen LogP contribution in [0.5, 0.6) is 0 Å². The molecule has 1 rings (SSSR count). The van der Waals surface area contributed by atoms with Crippen LogP contribution in [0.2, 0.25) is 0 Å². The van der Waals surface area contributed by atoms with Gasteiger partial charge >= 0.3 is 6.03 Å². The molecule has 0 aromatic heterocycles. The Balaban J connectivity index is 2.58. The van der Waals surface area contributed by atoms with Gasteiger partial charge in [-0.25, -0.2) is 4.79 Å². The second-order valence-corrected chi connectivity index (χ2v) is 4.83. The molecule has 0 spiro atoms. The number of hydrogen-bond donors (Lipinski definition) is 2. The first-order chi connectivity index (χ1) is 8.02. The van der Waals surface area contributed by atoms with Crippen molar-refractivity contribution in [3.63, 3.8) is 0 Å². The van der Waals surface area contributed by atoms with E-state index in [-0.39, 0.29) is 12.1 Å². The first kappa shape index (κ1) is 14.0. The molecule has 0 aliphatic carbocycles. The number of amides is 2. The predicted molar refractivity (Wildman–Crippen MR) is 72.4 cm³/mol. The van der Waals surface area contributed by atoms with Gasteiger partial charge < -0.3 is 15.4 Å². The number of halogens is 1. The minimum atomic E-state index is -0.226. The standard InChI is InChI=1S/C12H17BrN2O2/c1-8-4-5-10(13)6-11(8)15-12(16)14-9(2)7-17-3/h4-6,9H,7H2,1-3H3,(H2,14,15,16). The maximum absolute atomic E-state index is 11.7. The summed E-state index contributed by atoms with van der Waals surface area (Å²) < 4.78 is 5.88. The van der Waals surface area contributed by atoms with E-state index in [0.29, 0.717) is 6.61 Å². The molecular formula is C12H17BrN2O2. The van der Waals surface area contributed by atoms with Gasteiger partial charge in [0.25, 0.3) is 0 Å². The summed E-state index contributed by atoms with van der Waals surface area (Å²) in [4.78, 5) is 11.7. The van der Waals surface area contributed by atoms with Crippen LogP contribution >= 0.6 is 15.9 Å². The number of methoxy groups -OCH3 is 1. The number of nitrogens with one attached hydrogen (secondary N) is 2. The van der Waals surface area contributed by atoms with Crippen LogP contribution in [0.4, 0.5) is 10.5 Å². The van der Waals surface area contributed by atoms with Gasteiger partial charge in [-0.15, -0.1) is 0 Å². The summed E-state index contributed by atoms with van der Waals surface area (Å²) in [6, 6.07) is 5.50. The fourth-order valence-electron chi connectivity index (χ4n) is 1.40. The molecule has 0 aliphatic rings. The van der Waals surface area contributed by atoms with Crippen LogP contribution in [-0.4, -0.2) is 25.8 Å². The van der Waals surface area contributed by atoms with Crippen molar-refractivity contribution < 1.29 is 9.53 Å². The second kappa shape index (κ2) is 6.61. The van der Waals surface area contributed by atoms with Crippen molar-refractivity contribution in [3.05, 3.63) is 28.2 Å². The van der Waals surface area contributed by atoms with E-state index in [9.17, 15) is 4.79 Å². The summed E-state index contributed by atoms with van der Waals surface area (Å²) in [7, 11) is 1.61. The normalized spacial score (nSPS) is 12.0. The fourth-order valence-corrected chi connectivity index (χ4v) is 1.76. The molecule has 1 atom stereocenters. The number of aryl methyl sites for hydroxylation is 1. The molecule has 94 valence electrons. The van der Waals surface area contributed by atoms with Crippen LogP contribution in [-0.2, 0) is 4.74 Å². The monoisotopic (exact) mass is 300 g/mol. The van der Waals surface area contributed by atoms with Gasteiger partial charge in [-0.2, -0.15) is 0 Å². The maximum Gasteiger partial charge on any atom is 0.319 e. The first-order valence-electron chi connectivity index (χ1n) is 5.35. The molecule has 0 bridgehead atoms. The van der Waals surface area contributed by atoms with Crippen LogP contribution in [0.1, 0.15) is 12.5 Å². The third kappa shape index (κ3) is 4.75. The molecule has 0 fully saturated rings. The van der Waals surface area contributed by atoms with Crippen molar-refractivity contribution in [3.8, 4) is 0 Å². The van der Waals surface area contributed by atoms with Gasteiger partial charge in [0.1, 0.15) is 0 Å². The Kier molecular flexibility index (Phi) is 5.44. The molecule has 0 saturated heterocycles. The Morgan fingerprint density at radius 1 is 1.53 bits per heavy atom. The predicted octanol–water partition coefficient (Wildman–Crippen LogP) is 2.91. The third-order valence-corrected chi connectivity index (χ3v) is 2.74. The van der Waals surface area contributed by atoms with Crippen molar-refractivity contribution in [1.82, 2.24) is 5.32 Å². The van der Waals surface area contributed by atoms with Crippen LogP contribution in [0.3, 0.4) is 0 Å². The van der Waals surface area contributed by atoms with Gasteiger partial charge in [0.15, 0.2) is 0 Å². The third-order valence-electron chi connectivity index (χ3n) is 2.24. The largest absolute Gasteiger partial charge is 0.383 e. The zero-order valence-corrected chi connectivity index (χ0v) is 11.8. The smallest absolute Gasteiger partial charge is 0.319 e. The summed E-state index contributed by atoms with van der Waals surface area (Å²) in [5.74, 6) is 0. The molecule has 5 heteroatoms. The number of ether oxygens (including phenoxy) is 1. The average molecular weight is 301 g/mol. The van der Waals surface area contributed by atoms with E-state index in [0.717, 1.165) is 15.7 Å². The lowest BCUT2D eigenvalue weighted by Crippen LogP contribution is -2.38. The molecule has 0 radical (unpaired) electrons. The number of carbonyl (C=O) groups excluding carboxylic acids is 1. The van der Waals surface area contributed by atoms with Gasteiger partial charge in [-0.3, -0.25) is 0 Å². The number of urea groups is 1. The molecular weight excluding hydrogens is 284 g/mol. The quantitative estimate of drug-likeness (QED) is 0.898. The molecule has 0 heterocycles. The number of benzene rings is 1. The number of carbonyl (C=O) groups is 1. The lowest BCUT2D eigenvalue weighted by atomic mass is 10.2. The van der Waals surface area contributed by atoms with Crippen molar-refractivity contribution in [2.75, 3.05) is 19.0 Å². The lowest BCUT2D eigenvalue weighted by Gasteiger charge is -2.14. The van der Waals surface area contributed by atoms with Crippen LogP contribution in [0.25, 0.3) is 0 Å². The summed E-state index contributed by atoms with van der Waals surface area (Å²) in [5.41, 5.74) is 1.81. The number of rotatable bonds is 4. The highest BCUT2D eigenvalue weighted by molar-refractivity contribution is 9.10. The summed E-state index contributed by atoms with van der Waals surface area (Å²) in [6.07, 6.45) is 0. The highest BCUT2D eigenvalue weighted by Gasteiger charge is 2.08. The van der Waals surface area contributed by atoms with E-state index in [1.165, 1.54) is 0 Å². The molecule has 17 heavy (non-hydrogen) atoms. The molecule has 0 aliphatic heterocycles. The van der Waals surface area contributed by atoms with Crippen molar-refractivity contribution in [1.29, 1.82) is 0 Å². The van der Waals surface area contributed by atoms with E-state index < -0.39 is 0 Å². The Morgan fingerprint density at radius 3 is 2.88 bits per heavy atom. The van der Waals surface area contributed by atoms with Crippen LogP contribution in [0.15, 0.2) is 22.7 Å². The van der Waals surface area contributed by atoms with E-state index in [4.69, 9.17) is 4.74 Å². The second-order valence-electron chi connectivity index (χ2n) is 3.91. The molecule has 2 amide bonds. The zero-order chi connectivity index (χ0) is 12.8. The van der Waals surface area contributed by atoms with Gasteiger partial charge in [0.05, 0.1) is 12.6 Å². The van der Waals surface area contributed by atoms with Gasteiger partial charge in [-0.05, 0) is 31.5 Å². The highest BCUT2D eigenvalue weighted by atomic mass is 79.9. The number of anilines is 1. The minimum Gasteiger partial charge on any atom is -0.383 e. The SMILES string of the molecule is COCC(C)NC(=O)Nc1cc(Br)ccc1C. The zero-order valence-electron chi connectivity index (χ0n) is 10.2. The Morgan fingerprint density at radius 2 is 2.24 bits per heavy atom. The van der Waals surface area contributed by atoms with Gasteiger partial charge in [-0.1, -0.05) is 22.0 Å². The molecule has 0 saturated carbocycles. The minimum absolute atomic E-state index is 0.0209. The Bertz CT molecular complexity index is 396. The van der Waals surface area contributed by atoms with E-state index in [2.05, 4.69) is 26.6 Å². The van der Waals surface area contributed by atoms with Crippen LogP contribution in [0, 0.1) is 6.92 Å². The van der Waals surface area contributed by atoms with Crippen molar-refractivity contribution >= 4 is 27.6 Å². The molecule has 1 aromatic carbocycles. The molecule has 2 N–H and O–H groups in total. The summed E-state index contributed by atoms with van der Waals surface area (Å²) in [5, 5.41) is 5.59. The summed E-state index contributed by atoms with van der Waals surface area (Å²) >= 11 is 3.37. The van der Waals surface area contributed by atoms with E-state index in [1.54, 1.807) is 7.11 Å². The fraction of sp³-hybridized carbons (Fsp3) is 0.417. The lowest BCUT2D eigenvalue weighted by molar-refractivity contribution is 0.173. The topological polar surface area (TPSA) is 50.4 Å². The van der Waals surface area contributed by atoms with Gasteiger partial charge in [0, 0.05) is 17.3 Å². The van der Waals surface area contributed by atoms with E-state index >= 15 is 0 Å². The Labute approximate surface area is 110 Å². The molecule has 1 aromatic rings. The summed E-state index contributed by atoms with van der Waals surface area (Å²) in [6.45, 7) is 4.32. The van der Waals surface area contributed by atoms with Crippen molar-refractivity contribution in [2.45, 2.75) is 19.9 Å². The van der Waals surface area contributed by atoms with Crippen LogP contribution < -0.4 is 10.6 Å². The molecule has 1 unspecified atom stereocenters. The number of hydrogen-bond acceptors (Lipinski definition) is 2. The first-order valence-corrected chi connectivity index (χ1v) is 6.15. The average Bonchev–Trinajstić information content (AvgIpc) is 2.23. The van der Waals surface area contributed by atoms with Crippen molar-refractivity contribution in [2.24, 2.45) is 0 Å². The highest BCUT2D eigenvalue weighted by Crippen LogP contribution is 2.20.